The van der Waals surface area contributed by atoms with Gasteiger partial charge in [0.25, 0.3) is 5.91 Å². The van der Waals surface area contributed by atoms with E-state index in [1.807, 2.05) is 92.7 Å². The highest BCUT2D eigenvalue weighted by Gasteiger charge is 2.33. The van der Waals surface area contributed by atoms with Gasteiger partial charge in [-0.15, -0.1) is 0 Å². The fourth-order valence-corrected chi connectivity index (χ4v) is 5.46. The van der Waals surface area contributed by atoms with Crippen molar-refractivity contribution in [3.8, 4) is 11.5 Å². The van der Waals surface area contributed by atoms with Gasteiger partial charge in [0, 0.05) is 6.61 Å². The van der Waals surface area contributed by atoms with Crippen molar-refractivity contribution in [3.05, 3.63) is 92.4 Å². The number of ether oxygens (including phenoxy) is 3. The average Bonchev–Trinajstić information content (AvgIpc) is 3.18. The lowest BCUT2D eigenvalue weighted by molar-refractivity contribution is -0.122. The lowest BCUT2D eigenvalue weighted by Gasteiger charge is -2.15. The number of carbonyl (C=O) groups excluding carboxylic acids is 1. The number of amidine groups is 1. The molecule has 192 valence electrons. The van der Waals surface area contributed by atoms with Gasteiger partial charge < -0.3 is 14.2 Å². The molecule has 0 radical (unpaired) electrons. The molecule has 0 aliphatic carbocycles. The van der Waals surface area contributed by atoms with E-state index >= 15 is 0 Å². The second kappa shape index (κ2) is 13.6. The van der Waals surface area contributed by atoms with Crippen molar-refractivity contribution >= 4 is 57.2 Å². The summed E-state index contributed by atoms with van der Waals surface area (Å²) in [6, 6.07) is 23.6. The first-order chi connectivity index (χ1) is 18.1. The molecule has 1 amide bonds. The molecular weight excluding hydrogens is 599 g/mol. The van der Waals surface area contributed by atoms with E-state index in [1.54, 1.807) is 4.90 Å². The first-order valence-corrected chi connectivity index (χ1v) is 14.0. The van der Waals surface area contributed by atoms with E-state index in [-0.39, 0.29) is 5.91 Å². The molecule has 1 aliphatic heterocycles. The van der Waals surface area contributed by atoms with Gasteiger partial charge in [0.05, 0.1) is 33.9 Å². The highest BCUT2D eigenvalue weighted by Crippen LogP contribution is 2.38. The monoisotopic (exact) mass is 628 g/mol. The summed E-state index contributed by atoms with van der Waals surface area (Å²) in [4.78, 5) is 20.4. The Morgan fingerprint density at radius 3 is 2.41 bits per heavy atom. The van der Waals surface area contributed by atoms with Gasteiger partial charge in [0.1, 0.15) is 6.61 Å². The Balaban J connectivity index is 1.61. The maximum Gasteiger partial charge on any atom is 0.266 e. The first kappa shape index (κ1) is 27.2. The molecule has 1 saturated heterocycles. The van der Waals surface area contributed by atoms with Crippen LogP contribution in [0.1, 0.15) is 25.0 Å². The Morgan fingerprint density at radius 1 is 0.973 bits per heavy atom. The van der Waals surface area contributed by atoms with Crippen molar-refractivity contribution < 1.29 is 19.0 Å². The summed E-state index contributed by atoms with van der Waals surface area (Å²) in [5, 5.41) is 0.643. The minimum absolute atomic E-state index is 0.0863. The molecule has 4 rings (SSSR count). The molecule has 3 aromatic carbocycles. The molecule has 0 N–H and O–H groups in total. The smallest absolute Gasteiger partial charge is 0.266 e. The van der Waals surface area contributed by atoms with Gasteiger partial charge in [0.15, 0.2) is 16.7 Å². The summed E-state index contributed by atoms with van der Waals surface area (Å²) >= 11 is 3.62. The zero-order valence-corrected chi connectivity index (χ0v) is 23.8. The van der Waals surface area contributed by atoms with E-state index in [4.69, 9.17) is 19.2 Å². The second-order valence-corrected chi connectivity index (χ2v) is 10.2. The molecule has 37 heavy (non-hydrogen) atoms. The Morgan fingerprint density at radius 2 is 1.70 bits per heavy atom. The van der Waals surface area contributed by atoms with Crippen molar-refractivity contribution in [2.24, 2.45) is 4.99 Å². The second-order valence-electron chi connectivity index (χ2n) is 8.03. The number of aliphatic imine (C=N–C) groups is 1. The standard InChI is InChI=1S/C29H29IN2O4S/c1-3-34-16-15-32-28(33)26(37-29(32)31-23-13-9-6-10-14-23)19-22-17-24(30)27(25(18-22)35-4-2)36-20-21-11-7-5-8-12-21/h5-14,17-19H,3-4,15-16,20H2,1-2H3/b26-19-,31-29?. The summed E-state index contributed by atoms with van der Waals surface area (Å²) in [5.41, 5.74) is 2.74. The number of halogens is 1. The summed E-state index contributed by atoms with van der Waals surface area (Å²) in [6.07, 6.45) is 1.89. The van der Waals surface area contributed by atoms with E-state index in [0.29, 0.717) is 54.5 Å². The van der Waals surface area contributed by atoms with Gasteiger partial charge in [-0.2, -0.15) is 0 Å². The lowest BCUT2D eigenvalue weighted by atomic mass is 10.1. The number of thioether (sulfide) groups is 1. The predicted octanol–water partition coefficient (Wildman–Crippen LogP) is 6.91. The quantitative estimate of drug-likeness (QED) is 0.131. The Bertz CT molecular complexity index is 1270. The number of para-hydroxylation sites is 1. The summed E-state index contributed by atoms with van der Waals surface area (Å²) in [7, 11) is 0. The van der Waals surface area contributed by atoms with Crippen LogP contribution in [0, 0.1) is 3.57 Å². The molecule has 3 aromatic rings. The zero-order chi connectivity index (χ0) is 26.0. The van der Waals surface area contributed by atoms with E-state index in [0.717, 1.165) is 20.4 Å². The molecule has 0 aromatic heterocycles. The third kappa shape index (κ3) is 7.37. The summed E-state index contributed by atoms with van der Waals surface area (Å²) < 4.78 is 18.5. The average molecular weight is 629 g/mol. The molecule has 8 heteroatoms. The van der Waals surface area contributed by atoms with Crippen molar-refractivity contribution in [3.63, 3.8) is 0 Å². The maximum absolute atomic E-state index is 13.4. The van der Waals surface area contributed by atoms with Crippen molar-refractivity contribution in [2.75, 3.05) is 26.4 Å². The van der Waals surface area contributed by atoms with Crippen LogP contribution in [0.3, 0.4) is 0 Å². The van der Waals surface area contributed by atoms with E-state index in [2.05, 4.69) is 22.6 Å². The molecule has 0 spiro atoms. The van der Waals surface area contributed by atoms with Crippen LogP contribution in [-0.4, -0.2) is 42.3 Å². The molecule has 1 fully saturated rings. The topological polar surface area (TPSA) is 60.4 Å². The van der Waals surface area contributed by atoms with Gasteiger partial charge in [-0.25, -0.2) is 4.99 Å². The number of hydrogen-bond donors (Lipinski definition) is 0. The van der Waals surface area contributed by atoms with Gasteiger partial charge in [0.2, 0.25) is 0 Å². The van der Waals surface area contributed by atoms with Crippen molar-refractivity contribution in [2.45, 2.75) is 20.5 Å². The molecule has 0 saturated carbocycles. The molecule has 0 unspecified atom stereocenters. The number of carbonyl (C=O) groups is 1. The molecule has 1 aliphatic rings. The maximum atomic E-state index is 13.4. The highest BCUT2D eigenvalue weighted by atomic mass is 127. The number of amides is 1. The van der Waals surface area contributed by atoms with Crippen LogP contribution < -0.4 is 9.47 Å². The first-order valence-electron chi connectivity index (χ1n) is 12.1. The van der Waals surface area contributed by atoms with Gasteiger partial charge in [-0.3, -0.25) is 9.69 Å². The van der Waals surface area contributed by atoms with E-state index in [1.165, 1.54) is 11.8 Å². The lowest BCUT2D eigenvalue weighted by Crippen LogP contribution is -2.32. The van der Waals surface area contributed by atoms with E-state index < -0.39 is 0 Å². The minimum Gasteiger partial charge on any atom is -0.490 e. The molecular formula is C29H29IN2O4S. The van der Waals surface area contributed by atoms with Crippen molar-refractivity contribution in [1.82, 2.24) is 4.90 Å². The van der Waals surface area contributed by atoms with Crippen LogP contribution in [0.15, 0.2) is 82.7 Å². The number of hydrogen-bond acceptors (Lipinski definition) is 6. The molecule has 6 nitrogen and oxygen atoms in total. The Labute approximate surface area is 235 Å². The third-order valence-electron chi connectivity index (χ3n) is 5.39. The highest BCUT2D eigenvalue weighted by molar-refractivity contribution is 14.1. The van der Waals surface area contributed by atoms with Crippen LogP contribution >= 0.6 is 34.4 Å². The van der Waals surface area contributed by atoms with E-state index in [9.17, 15) is 4.79 Å². The Kier molecular flexibility index (Phi) is 10.0. The third-order valence-corrected chi connectivity index (χ3v) is 7.20. The number of nitrogens with zero attached hydrogens (tertiary/aromatic N) is 2. The Hall–Kier alpha value is -2.82. The number of rotatable bonds is 11. The summed E-state index contributed by atoms with van der Waals surface area (Å²) in [6.45, 7) is 6.32. The predicted molar refractivity (Wildman–Crippen MR) is 158 cm³/mol. The van der Waals surface area contributed by atoms with Crippen LogP contribution in [0.5, 0.6) is 11.5 Å². The summed E-state index contributed by atoms with van der Waals surface area (Å²) in [5.74, 6) is 1.26. The van der Waals surface area contributed by atoms with Crippen molar-refractivity contribution in [1.29, 1.82) is 0 Å². The van der Waals surface area contributed by atoms with Crippen LogP contribution in [0.4, 0.5) is 5.69 Å². The fourth-order valence-electron chi connectivity index (χ4n) is 3.66. The largest absolute Gasteiger partial charge is 0.490 e. The zero-order valence-electron chi connectivity index (χ0n) is 20.9. The van der Waals surface area contributed by atoms with Crippen LogP contribution in [0.25, 0.3) is 6.08 Å². The van der Waals surface area contributed by atoms with Gasteiger partial charge >= 0.3 is 0 Å². The number of benzene rings is 3. The molecule has 1 heterocycles. The molecule has 0 atom stereocenters. The minimum atomic E-state index is -0.0863. The van der Waals surface area contributed by atoms with Crippen LogP contribution in [-0.2, 0) is 16.1 Å². The SMILES string of the molecule is CCOCCN1C(=O)/C(=C/c2cc(I)c(OCc3ccccc3)c(OCC)c2)SC1=Nc1ccccc1. The van der Waals surface area contributed by atoms with Crippen LogP contribution in [0.2, 0.25) is 0 Å². The van der Waals surface area contributed by atoms with Gasteiger partial charge in [-0.05, 0) is 89.7 Å². The van der Waals surface area contributed by atoms with Gasteiger partial charge in [-0.1, -0.05) is 48.5 Å². The molecule has 0 bridgehead atoms. The normalized spacial score (nSPS) is 15.5. The fraction of sp³-hybridized carbons (Fsp3) is 0.241.